The first kappa shape index (κ1) is 14.2. The number of carbonyl (C=O) groups is 1. The summed E-state index contributed by atoms with van der Waals surface area (Å²) in [6, 6.07) is 0.0679. The Balaban J connectivity index is 1.63. The second-order valence-electron chi connectivity index (χ2n) is 6.51. The Kier molecular flexibility index (Phi) is 3.47. The molecule has 1 aliphatic heterocycles. The lowest BCUT2D eigenvalue weighted by atomic mass is 10.0. The van der Waals surface area contributed by atoms with Crippen molar-refractivity contribution in [3.63, 3.8) is 0 Å². The van der Waals surface area contributed by atoms with Crippen molar-refractivity contribution in [1.82, 2.24) is 9.80 Å². The molecule has 1 amide bonds. The van der Waals surface area contributed by atoms with E-state index in [9.17, 15) is 18.0 Å². The van der Waals surface area contributed by atoms with Crippen LogP contribution < -0.4 is 0 Å². The summed E-state index contributed by atoms with van der Waals surface area (Å²) in [5.41, 5.74) is 0. The average Bonchev–Trinajstić information content (AvgIpc) is 3.21. The molecule has 0 aromatic heterocycles. The molecule has 1 heterocycles. The van der Waals surface area contributed by atoms with E-state index in [1.54, 1.807) is 0 Å². The summed E-state index contributed by atoms with van der Waals surface area (Å²) in [5.74, 6) is 0.991. The standard InChI is InChI=1S/C14H21F3N2O/c1-18(12(9-2-3-9)10-4-5-10)11-6-7-19(13(11)20)8-14(15,16)17/h9-12H,2-8H2,1H3/t11-/m0/s1. The number of amides is 1. The Hall–Kier alpha value is -0.780. The molecule has 2 saturated carbocycles. The van der Waals surface area contributed by atoms with Crippen LogP contribution in [-0.4, -0.2) is 54.1 Å². The van der Waals surface area contributed by atoms with Crippen LogP contribution in [0.4, 0.5) is 13.2 Å². The number of halogens is 3. The van der Waals surface area contributed by atoms with E-state index in [2.05, 4.69) is 4.90 Å². The molecule has 0 spiro atoms. The largest absolute Gasteiger partial charge is 0.406 e. The third kappa shape index (κ3) is 2.95. The normalized spacial score (nSPS) is 28.0. The second kappa shape index (κ2) is 4.90. The number of likely N-dealkylation sites (N-methyl/N-ethyl adjacent to an activating group) is 1. The zero-order valence-corrected chi connectivity index (χ0v) is 11.7. The fourth-order valence-electron chi connectivity index (χ4n) is 3.61. The van der Waals surface area contributed by atoms with Crippen LogP contribution in [0.3, 0.4) is 0 Å². The zero-order valence-electron chi connectivity index (χ0n) is 11.7. The van der Waals surface area contributed by atoms with Gasteiger partial charge in [0.05, 0.1) is 6.04 Å². The monoisotopic (exact) mass is 290 g/mol. The van der Waals surface area contributed by atoms with Crippen molar-refractivity contribution in [1.29, 1.82) is 0 Å². The molecule has 6 heteroatoms. The van der Waals surface area contributed by atoms with Gasteiger partial charge < -0.3 is 4.90 Å². The lowest BCUT2D eigenvalue weighted by molar-refractivity contribution is -0.159. The molecule has 0 aromatic carbocycles. The van der Waals surface area contributed by atoms with Crippen LogP contribution in [-0.2, 0) is 4.79 Å². The Bertz CT molecular complexity index is 378. The number of hydrogen-bond acceptors (Lipinski definition) is 2. The van der Waals surface area contributed by atoms with Gasteiger partial charge in [0.25, 0.3) is 0 Å². The molecule has 3 nitrogen and oxygen atoms in total. The van der Waals surface area contributed by atoms with Gasteiger partial charge in [-0.25, -0.2) is 0 Å². The summed E-state index contributed by atoms with van der Waals surface area (Å²) in [6.45, 7) is -0.872. The predicted molar refractivity (Wildman–Crippen MR) is 68.0 cm³/mol. The fraction of sp³-hybridized carbons (Fsp3) is 0.929. The van der Waals surface area contributed by atoms with E-state index < -0.39 is 12.7 Å². The van der Waals surface area contributed by atoms with E-state index in [1.165, 1.54) is 25.7 Å². The Labute approximate surface area is 117 Å². The maximum Gasteiger partial charge on any atom is 0.406 e. The van der Waals surface area contributed by atoms with Gasteiger partial charge in [-0.05, 0) is 51.0 Å². The average molecular weight is 290 g/mol. The molecule has 0 N–H and O–H groups in total. The van der Waals surface area contributed by atoms with Gasteiger partial charge >= 0.3 is 6.18 Å². The summed E-state index contributed by atoms with van der Waals surface area (Å²) < 4.78 is 37.3. The molecule has 1 saturated heterocycles. The van der Waals surface area contributed by atoms with Crippen molar-refractivity contribution >= 4 is 5.91 Å². The summed E-state index contributed by atoms with van der Waals surface area (Å²) in [7, 11) is 1.93. The number of hydrogen-bond donors (Lipinski definition) is 0. The first-order chi connectivity index (χ1) is 9.37. The lowest BCUT2D eigenvalue weighted by Gasteiger charge is -2.32. The maximum absolute atomic E-state index is 12.4. The van der Waals surface area contributed by atoms with Gasteiger partial charge in [-0.3, -0.25) is 9.69 Å². The quantitative estimate of drug-likeness (QED) is 0.775. The number of alkyl halides is 3. The van der Waals surface area contributed by atoms with E-state index in [0.29, 0.717) is 24.3 Å². The van der Waals surface area contributed by atoms with Crippen molar-refractivity contribution in [3.05, 3.63) is 0 Å². The molecule has 114 valence electrons. The first-order valence-corrected chi connectivity index (χ1v) is 7.44. The molecular formula is C14H21F3N2O. The lowest BCUT2D eigenvalue weighted by Crippen LogP contribution is -2.48. The van der Waals surface area contributed by atoms with Gasteiger partial charge in [0.1, 0.15) is 6.54 Å². The smallest absolute Gasteiger partial charge is 0.332 e. The highest BCUT2D eigenvalue weighted by molar-refractivity contribution is 5.84. The van der Waals surface area contributed by atoms with Crippen LogP contribution in [0, 0.1) is 11.8 Å². The Morgan fingerprint density at radius 2 is 1.75 bits per heavy atom. The van der Waals surface area contributed by atoms with Crippen LogP contribution >= 0.6 is 0 Å². The summed E-state index contributed by atoms with van der Waals surface area (Å²) in [4.78, 5) is 15.3. The second-order valence-corrected chi connectivity index (χ2v) is 6.51. The van der Waals surface area contributed by atoms with E-state index in [-0.39, 0.29) is 18.5 Å². The summed E-state index contributed by atoms with van der Waals surface area (Å²) in [5, 5.41) is 0. The molecule has 3 fully saturated rings. The van der Waals surface area contributed by atoms with Crippen LogP contribution in [0.25, 0.3) is 0 Å². The number of carbonyl (C=O) groups excluding carboxylic acids is 1. The molecule has 3 aliphatic rings. The maximum atomic E-state index is 12.4. The van der Waals surface area contributed by atoms with E-state index >= 15 is 0 Å². The molecule has 3 rings (SSSR count). The van der Waals surface area contributed by atoms with Crippen LogP contribution in [0.2, 0.25) is 0 Å². The van der Waals surface area contributed by atoms with Crippen molar-refractivity contribution in [2.24, 2.45) is 11.8 Å². The van der Waals surface area contributed by atoms with Gasteiger partial charge in [-0.1, -0.05) is 0 Å². The SMILES string of the molecule is CN(C(C1CC1)C1CC1)[C@H]1CCN(CC(F)(F)F)C1=O. The van der Waals surface area contributed by atoms with Gasteiger partial charge in [-0.15, -0.1) is 0 Å². The van der Waals surface area contributed by atoms with Crippen molar-refractivity contribution in [3.8, 4) is 0 Å². The van der Waals surface area contributed by atoms with Crippen molar-refractivity contribution < 1.29 is 18.0 Å². The van der Waals surface area contributed by atoms with E-state index in [1.807, 2.05) is 7.05 Å². The molecule has 2 aliphatic carbocycles. The van der Waals surface area contributed by atoms with Gasteiger partial charge in [0.2, 0.25) is 5.91 Å². The third-order valence-corrected chi connectivity index (χ3v) is 4.81. The molecule has 20 heavy (non-hydrogen) atoms. The first-order valence-electron chi connectivity index (χ1n) is 7.44. The molecule has 0 aromatic rings. The van der Waals surface area contributed by atoms with E-state index in [0.717, 1.165) is 4.90 Å². The predicted octanol–water partition coefficient (Wildman–Crippen LogP) is 2.27. The molecule has 0 radical (unpaired) electrons. The summed E-state index contributed by atoms with van der Waals surface area (Å²) >= 11 is 0. The minimum Gasteiger partial charge on any atom is -0.332 e. The molecule has 1 atom stereocenters. The highest BCUT2D eigenvalue weighted by atomic mass is 19.4. The highest BCUT2D eigenvalue weighted by Gasteiger charge is 2.48. The van der Waals surface area contributed by atoms with Crippen LogP contribution in [0.15, 0.2) is 0 Å². The summed E-state index contributed by atoms with van der Waals surface area (Å²) in [6.07, 6.45) is 1.06. The minimum atomic E-state index is -4.30. The third-order valence-electron chi connectivity index (χ3n) is 4.81. The van der Waals surface area contributed by atoms with Gasteiger partial charge in [0.15, 0.2) is 0 Å². The Morgan fingerprint density at radius 1 is 1.20 bits per heavy atom. The van der Waals surface area contributed by atoms with E-state index in [4.69, 9.17) is 0 Å². The number of likely N-dealkylation sites (tertiary alicyclic amines) is 1. The van der Waals surface area contributed by atoms with Gasteiger partial charge in [0, 0.05) is 12.6 Å². The van der Waals surface area contributed by atoms with Crippen molar-refractivity contribution in [2.75, 3.05) is 20.1 Å². The number of rotatable bonds is 5. The topological polar surface area (TPSA) is 23.6 Å². The van der Waals surface area contributed by atoms with Crippen LogP contribution in [0.1, 0.15) is 32.1 Å². The minimum absolute atomic E-state index is 0.232. The van der Waals surface area contributed by atoms with Crippen LogP contribution in [0.5, 0.6) is 0 Å². The fourth-order valence-corrected chi connectivity index (χ4v) is 3.61. The molecule has 0 unspecified atom stereocenters. The highest BCUT2D eigenvalue weighted by Crippen LogP contribution is 2.47. The zero-order chi connectivity index (χ0) is 14.5. The molecule has 0 bridgehead atoms. The van der Waals surface area contributed by atoms with Gasteiger partial charge in [-0.2, -0.15) is 13.2 Å². The van der Waals surface area contributed by atoms with Crippen molar-refractivity contribution in [2.45, 2.75) is 50.4 Å². The molecular weight excluding hydrogens is 269 g/mol. The number of nitrogens with zero attached hydrogens (tertiary/aromatic N) is 2. The Morgan fingerprint density at radius 3 is 2.20 bits per heavy atom.